The van der Waals surface area contributed by atoms with E-state index in [0.29, 0.717) is 24.0 Å². The van der Waals surface area contributed by atoms with Gasteiger partial charge in [-0.3, -0.25) is 0 Å². The maximum Gasteiger partial charge on any atom is 0.193 e. The van der Waals surface area contributed by atoms with Crippen LogP contribution < -0.4 is 11.1 Å². The van der Waals surface area contributed by atoms with Gasteiger partial charge in [0.25, 0.3) is 0 Å². The van der Waals surface area contributed by atoms with Crippen LogP contribution >= 0.6 is 0 Å². The van der Waals surface area contributed by atoms with Crippen molar-refractivity contribution in [3.8, 4) is 0 Å². The number of hydrogen-bond donors (Lipinski definition) is 2. The van der Waals surface area contributed by atoms with Crippen molar-refractivity contribution in [1.29, 1.82) is 0 Å². The second-order valence-electron chi connectivity index (χ2n) is 8.11. The van der Waals surface area contributed by atoms with Crippen LogP contribution in [0, 0.1) is 11.3 Å². The molecule has 4 aliphatic rings. The summed E-state index contributed by atoms with van der Waals surface area (Å²) >= 11 is 0. The number of guanidine groups is 1. The van der Waals surface area contributed by atoms with Crippen molar-refractivity contribution in [2.45, 2.75) is 63.5 Å². The fraction of sp³-hybridized carbons (Fsp3) is 0.650. The van der Waals surface area contributed by atoms with E-state index in [2.05, 4.69) is 23.5 Å². The van der Waals surface area contributed by atoms with Crippen LogP contribution in [-0.4, -0.2) is 24.7 Å². The number of aryl methyl sites for hydroxylation is 2. The summed E-state index contributed by atoms with van der Waals surface area (Å²) in [7, 11) is 0. The minimum Gasteiger partial charge on any atom is -0.377 e. The molecule has 24 heavy (non-hydrogen) atoms. The van der Waals surface area contributed by atoms with Crippen LogP contribution in [0.2, 0.25) is 0 Å². The molecule has 1 heterocycles. The van der Waals surface area contributed by atoms with Crippen LogP contribution in [0.5, 0.6) is 0 Å². The fourth-order valence-corrected chi connectivity index (χ4v) is 5.82. The van der Waals surface area contributed by atoms with Crippen molar-refractivity contribution >= 4 is 11.6 Å². The Hall–Kier alpha value is -1.55. The summed E-state index contributed by atoms with van der Waals surface area (Å²) < 4.78 is 6.04. The number of fused-ring (bicyclic) bond motifs is 3. The van der Waals surface area contributed by atoms with Gasteiger partial charge in [-0.2, -0.15) is 0 Å². The first-order chi connectivity index (χ1) is 11.8. The van der Waals surface area contributed by atoms with Crippen LogP contribution in [0.15, 0.2) is 23.2 Å². The Morgan fingerprint density at radius 3 is 2.88 bits per heavy atom. The molecule has 0 radical (unpaired) electrons. The molecule has 3 N–H and O–H groups in total. The number of ether oxygens (including phenoxy) is 1. The van der Waals surface area contributed by atoms with Gasteiger partial charge in [0.2, 0.25) is 0 Å². The van der Waals surface area contributed by atoms with E-state index in [4.69, 9.17) is 15.5 Å². The number of aliphatic imine (C=N–C) groups is 1. The molecule has 4 nitrogen and oxygen atoms in total. The predicted octanol–water partition coefficient (Wildman–Crippen LogP) is 3.25. The Morgan fingerprint density at radius 2 is 2.00 bits per heavy atom. The van der Waals surface area contributed by atoms with Crippen LogP contribution in [0.1, 0.15) is 49.7 Å². The van der Waals surface area contributed by atoms with Crippen molar-refractivity contribution in [2.24, 2.45) is 22.1 Å². The summed E-state index contributed by atoms with van der Waals surface area (Å²) in [5.74, 6) is 1.16. The Bertz CT molecular complexity index is 677. The standard InChI is InChI=1S/C20H27N3O/c21-19(22-15-7-6-13-4-3-5-14(13)12-15)23-17-16-8-11-24-18(16)20(17)9-1-2-10-20/h6-7,12,16-18H,1-5,8-11H2,(H3,21,22,23). The topological polar surface area (TPSA) is 59.6 Å². The predicted molar refractivity (Wildman–Crippen MR) is 96.2 cm³/mol. The minimum absolute atomic E-state index is 0.283. The smallest absolute Gasteiger partial charge is 0.193 e. The van der Waals surface area contributed by atoms with Gasteiger partial charge < -0.3 is 15.8 Å². The second-order valence-corrected chi connectivity index (χ2v) is 8.11. The molecular weight excluding hydrogens is 298 g/mol. The summed E-state index contributed by atoms with van der Waals surface area (Å²) in [6.07, 6.45) is 10.4. The molecule has 1 aliphatic heterocycles. The number of benzene rings is 1. The lowest BCUT2D eigenvalue weighted by Crippen LogP contribution is -2.61. The monoisotopic (exact) mass is 325 g/mol. The molecule has 128 valence electrons. The van der Waals surface area contributed by atoms with E-state index in [1.807, 2.05) is 0 Å². The van der Waals surface area contributed by atoms with Gasteiger partial charge in [0, 0.05) is 23.6 Å². The van der Waals surface area contributed by atoms with Crippen molar-refractivity contribution < 1.29 is 4.74 Å². The van der Waals surface area contributed by atoms with Gasteiger partial charge in [-0.05, 0) is 61.8 Å². The van der Waals surface area contributed by atoms with Crippen molar-refractivity contribution in [3.05, 3.63) is 29.3 Å². The average molecular weight is 325 g/mol. The zero-order valence-corrected chi connectivity index (χ0v) is 14.3. The first-order valence-electron chi connectivity index (χ1n) is 9.60. The van der Waals surface area contributed by atoms with E-state index in [0.717, 1.165) is 18.7 Å². The third kappa shape index (κ3) is 2.12. The van der Waals surface area contributed by atoms with E-state index >= 15 is 0 Å². The van der Waals surface area contributed by atoms with Gasteiger partial charge >= 0.3 is 0 Å². The molecule has 0 amide bonds. The molecular formula is C20H27N3O. The number of anilines is 1. The summed E-state index contributed by atoms with van der Waals surface area (Å²) in [6, 6.07) is 6.98. The van der Waals surface area contributed by atoms with Gasteiger partial charge in [0.1, 0.15) is 0 Å². The molecule has 1 saturated heterocycles. The maximum absolute atomic E-state index is 6.29. The Balaban J connectivity index is 1.35. The molecule has 2 saturated carbocycles. The Kier molecular flexibility index (Phi) is 3.37. The first-order valence-corrected chi connectivity index (χ1v) is 9.60. The second kappa shape index (κ2) is 5.48. The van der Waals surface area contributed by atoms with E-state index < -0.39 is 0 Å². The highest BCUT2D eigenvalue weighted by molar-refractivity contribution is 5.92. The van der Waals surface area contributed by atoms with E-state index in [1.165, 1.54) is 56.1 Å². The molecule has 3 aliphatic carbocycles. The largest absolute Gasteiger partial charge is 0.377 e. The van der Waals surface area contributed by atoms with E-state index in [9.17, 15) is 0 Å². The van der Waals surface area contributed by atoms with Crippen LogP contribution in [0.3, 0.4) is 0 Å². The number of nitrogens with zero attached hydrogens (tertiary/aromatic N) is 1. The zero-order chi connectivity index (χ0) is 16.1. The molecule has 3 unspecified atom stereocenters. The SMILES string of the molecule is NC(=NC1C2CCOC2C12CCCC2)Nc1ccc2c(c1)CCC2. The third-order valence-corrected chi connectivity index (χ3v) is 6.88. The normalized spacial score (nSPS) is 33.3. The van der Waals surface area contributed by atoms with Gasteiger partial charge in [0.15, 0.2) is 5.96 Å². The van der Waals surface area contributed by atoms with Crippen molar-refractivity contribution in [1.82, 2.24) is 0 Å². The molecule has 3 atom stereocenters. The summed E-state index contributed by atoms with van der Waals surface area (Å²) in [6.45, 7) is 0.904. The van der Waals surface area contributed by atoms with E-state index in [1.54, 1.807) is 0 Å². The third-order valence-electron chi connectivity index (χ3n) is 6.88. The van der Waals surface area contributed by atoms with Crippen LogP contribution in [0.25, 0.3) is 0 Å². The summed E-state index contributed by atoms with van der Waals surface area (Å²) in [4.78, 5) is 4.95. The lowest BCUT2D eigenvalue weighted by Gasteiger charge is -2.54. The van der Waals surface area contributed by atoms with Gasteiger partial charge in [-0.25, -0.2) is 4.99 Å². The highest BCUT2D eigenvalue weighted by atomic mass is 16.5. The molecule has 5 rings (SSSR count). The molecule has 1 aromatic carbocycles. The van der Waals surface area contributed by atoms with Gasteiger partial charge in [-0.1, -0.05) is 18.9 Å². The lowest BCUT2D eigenvalue weighted by atomic mass is 9.54. The number of nitrogens with two attached hydrogens (primary N) is 1. The Morgan fingerprint density at radius 1 is 1.17 bits per heavy atom. The van der Waals surface area contributed by atoms with Crippen molar-refractivity contribution in [2.75, 3.05) is 11.9 Å². The lowest BCUT2D eigenvalue weighted by molar-refractivity contribution is -0.117. The Labute approximate surface area is 143 Å². The molecule has 4 heteroatoms. The minimum atomic E-state index is 0.283. The van der Waals surface area contributed by atoms with Crippen LogP contribution in [0.4, 0.5) is 5.69 Å². The molecule has 1 aromatic rings. The maximum atomic E-state index is 6.29. The van der Waals surface area contributed by atoms with Gasteiger partial charge in [-0.15, -0.1) is 0 Å². The van der Waals surface area contributed by atoms with Crippen LogP contribution in [-0.2, 0) is 17.6 Å². The van der Waals surface area contributed by atoms with Crippen molar-refractivity contribution in [3.63, 3.8) is 0 Å². The highest BCUT2D eigenvalue weighted by Crippen LogP contribution is 2.62. The molecule has 0 bridgehead atoms. The molecule has 0 aromatic heterocycles. The summed E-state index contributed by atoms with van der Waals surface area (Å²) in [5, 5.41) is 3.34. The average Bonchev–Trinajstić information content (AvgIpc) is 3.30. The highest BCUT2D eigenvalue weighted by Gasteiger charge is 2.65. The zero-order valence-electron chi connectivity index (χ0n) is 14.3. The first kappa shape index (κ1) is 14.8. The number of rotatable bonds is 2. The molecule has 1 spiro atoms. The fourth-order valence-electron chi connectivity index (χ4n) is 5.82. The number of nitrogens with one attached hydrogen (secondary N) is 1. The molecule has 3 fully saturated rings. The quantitative estimate of drug-likeness (QED) is 0.648. The van der Waals surface area contributed by atoms with E-state index in [-0.39, 0.29) is 5.41 Å². The number of hydrogen-bond acceptors (Lipinski definition) is 2. The summed E-state index contributed by atoms with van der Waals surface area (Å²) in [5.41, 5.74) is 10.6. The van der Waals surface area contributed by atoms with Gasteiger partial charge in [0.05, 0.1) is 12.1 Å².